The molecule has 0 aliphatic carbocycles. The number of hydrogen-bond donors (Lipinski definition) is 4. The zero-order valence-corrected chi connectivity index (χ0v) is 18.2. The molecule has 9 nitrogen and oxygen atoms in total. The maximum atomic E-state index is 12.4. The first kappa shape index (κ1) is 24.8. The molecule has 2 fully saturated rings. The Morgan fingerprint density at radius 1 is 1.03 bits per heavy atom. The fraction of sp³-hybridized carbons (Fsp3) is 0.591. The Morgan fingerprint density at radius 2 is 1.61 bits per heavy atom. The summed E-state index contributed by atoms with van der Waals surface area (Å²) in [4.78, 5) is 34.3. The number of carboxylic acid groups (broad SMARTS) is 2. The predicted molar refractivity (Wildman–Crippen MR) is 111 cm³/mol. The van der Waals surface area contributed by atoms with Gasteiger partial charge >= 0.3 is 17.9 Å². The van der Waals surface area contributed by atoms with Gasteiger partial charge in [0, 0.05) is 18.0 Å². The maximum Gasteiger partial charge on any atom is 0.335 e. The largest absolute Gasteiger partial charge is 0.479 e. The number of aryl methyl sites for hydroxylation is 2. The average molecular weight is 437 g/mol. The minimum absolute atomic E-state index is 0.0270. The molecule has 1 aromatic carbocycles. The van der Waals surface area contributed by atoms with Crippen LogP contribution in [0.1, 0.15) is 41.9 Å². The van der Waals surface area contributed by atoms with Crippen molar-refractivity contribution in [1.82, 2.24) is 4.90 Å². The molecule has 2 unspecified atom stereocenters. The van der Waals surface area contributed by atoms with Gasteiger partial charge in [0.1, 0.15) is 0 Å². The van der Waals surface area contributed by atoms with Crippen molar-refractivity contribution in [2.24, 2.45) is 5.92 Å². The van der Waals surface area contributed by atoms with E-state index in [1.807, 2.05) is 0 Å². The Labute approximate surface area is 181 Å². The molecule has 0 aromatic heterocycles. The van der Waals surface area contributed by atoms with Crippen molar-refractivity contribution in [1.29, 1.82) is 0 Å². The quantitative estimate of drug-likeness (QED) is 0.494. The number of aliphatic hydroxyl groups excluding tert-OH is 2. The first-order valence-corrected chi connectivity index (χ1v) is 10.2. The lowest BCUT2D eigenvalue weighted by Crippen LogP contribution is -2.49. The van der Waals surface area contributed by atoms with Gasteiger partial charge in [-0.05, 0) is 56.8 Å². The normalized spacial score (nSPS) is 26.9. The summed E-state index contributed by atoms with van der Waals surface area (Å²) in [5.74, 6) is -3.31. The summed E-state index contributed by atoms with van der Waals surface area (Å²) in [5.41, 5.74) is 3.92. The first-order chi connectivity index (χ1) is 14.5. The number of benzene rings is 1. The molecule has 6 atom stereocenters. The highest BCUT2D eigenvalue weighted by atomic mass is 16.5. The number of fused-ring (bicyclic) bond motifs is 2. The minimum Gasteiger partial charge on any atom is -0.479 e. The lowest BCUT2D eigenvalue weighted by molar-refractivity contribution is -0.165. The number of aliphatic carboxylic acids is 2. The second kappa shape index (κ2) is 10.2. The van der Waals surface area contributed by atoms with Crippen LogP contribution in [0.2, 0.25) is 0 Å². The van der Waals surface area contributed by atoms with Crippen molar-refractivity contribution in [3.8, 4) is 0 Å². The van der Waals surface area contributed by atoms with Crippen molar-refractivity contribution in [3.05, 3.63) is 34.9 Å². The number of carboxylic acids is 2. The van der Waals surface area contributed by atoms with Gasteiger partial charge in [-0.2, -0.15) is 0 Å². The van der Waals surface area contributed by atoms with Crippen LogP contribution in [-0.2, 0) is 19.1 Å². The van der Waals surface area contributed by atoms with Crippen molar-refractivity contribution in [2.75, 3.05) is 14.2 Å². The zero-order valence-electron chi connectivity index (χ0n) is 18.2. The zero-order chi connectivity index (χ0) is 23.5. The molecule has 31 heavy (non-hydrogen) atoms. The number of carbonyl (C=O) groups excluding carboxylic acids is 1. The predicted octanol–water partition coefficient (Wildman–Crippen LogP) is 0.920. The summed E-state index contributed by atoms with van der Waals surface area (Å²) in [6.45, 7) is 4.28. The highest BCUT2D eigenvalue weighted by molar-refractivity contribution is 5.83. The Balaban J connectivity index is 0.000000291. The second-order valence-corrected chi connectivity index (χ2v) is 8.26. The van der Waals surface area contributed by atoms with Gasteiger partial charge in [0.05, 0.1) is 13.0 Å². The number of piperidine rings is 1. The van der Waals surface area contributed by atoms with Gasteiger partial charge < -0.3 is 25.2 Å². The first-order valence-electron chi connectivity index (χ1n) is 10.2. The molecule has 2 bridgehead atoms. The standard InChI is InChI=1S/C18H25NO2.C4H6O6/c1-11-5-6-13(9-12(11)2)15-10-14-7-8-16(19(14)3)17(15)18(20)21-4;5-1(3(7)8)2(6)4(9)10/h5-6,9,14-17H,7-8,10H2,1-4H3;1-2,5-6H,(H,7,8)(H,9,10)/t14-,15+,16+,17-;/m0./s1. The van der Waals surface area contributed by atoms with E-state index < -0.39 is 24.1 Å². The number of carbonyl (C=O) groups is 3. The summed E-state index contributed by atoms with van der Waals surface area (Å²) >= 11 is 0. The van der Waals surface area contributed by atoms with Crippen LogP contribution in [-0.4, -0.2) is 81.7 Å². The SMILES string of the molecule is COC(=O)[C@H]1[C@@H](c2ccc(C)c(C)c2)C[C@@H]2CC[C@H]1N2C.O=C(O)C(O)C(O)C(=O)O. The van der Waals surface area contributed by atoms with Crippen LogP contribution in [0.4, 0.5) is 0 Å². The van der Waals surface area contributed by atoms with E-state index in [9.17, 15) is 14.4 Å². The summed E-state index contributed by atoms with van der Waals surface area (Å²) in [6.07, 6.45) is -1.15. The van der Waals surface area contributed by atoms with E-state index in [1.165, 1.54) is 30.2 Å². The third-order valence-electron chi connectivity index (χ3n) is 6.51. The summed E-state index contributed by atoms with van der Waals surface area (Å²) < 4.78 is 5.13. The molecular weight excluding hydrogens is 406 g/mol. The molecule has 0 amide bonds. The number of hydrogen-bond acceptors (Lipinski definition) is 7. The molecule has 2 aliphatic heterocycles. The van der Waals surface area contributed by atoms with E-state index in [1.54, 1.807) is 0 Å². The molecule has 9 heteroatoms. The smallest absolute Gasteiger partial charge is 0.335 e. The lowest BCUT2D eigenvalue weighted by atomic mass is 9.75. The van der Waals surface area contributed by atoms with Crippen molar-refractivity contribution in [2.45, 2.75) is 63.3 Å². The van der Waals surface area contributed by atoms with Crippen molar-refractivity contribution < 1.29 is 39.5 Å². The van der Waals surface area contributed by atoms with Crippen LogP contribution in [0.15, 0.2) is 18.2 Å². The molecule has 4 N–H and O–H groups in total. The van der Waals surface area contributed by atoms with E-state index >= 15 is 0 Å². The number of esters is 1. The number of methoxy groups -OCH3 is 1. The fourth-order valence-electron chi connectivity index (χ4n) is 4.53. The van der Waals surface area contributed by atoms with Gasteiger partial charge in [0.15, 0.2) is 12.2 Å². The van der Waals surface area contributed by atoms with Crippen LogP contribution in [0.3, 0.4) is 0 Å². The lowest BCUT2D eigenvalue weighted by Gasteiger charge is -2.41. The van der Waals surface area contributed by atoms with Gasteiger partial charge in [-0.15, -0.1) is 0 Å². The molecule has 0 radical (unpaired) electrons. The second-order valence-electron chi connectivity index (χ2n) is 8.26. The molecule has 0 spiro atoms. The average Bonchev–Trinajstić information content (AvgIpc) is 2.96. The van der Waals surface area contributed by atoms with E-state index in [4.69, 9.17) is 25.2 Å². The molecule has 2 aliphatic rings. The van der Waals surface area contributed by atoms with Crippen LogP contribution in [0, 0.1) is 19.8 Å². The maximum absolute atomic E-state index is 12.4. The molecule has 1 aromatic rings. The fourth-order valence-corrected chi connectivity index (χ4v) is 4.53. The van der Waals surface area contributed by atoms with Gasteiger partial charge in [-0.25, -0.2) is 9.59 Å². The Hall–Kier alpha value is -2.49. The Bertz CT molecular complexity index is 808. The van der Waals surface area contributed by atoms with Crippen LogP contribution in [0.25, 0.3) is 0 Å². The Kier molecular flexibility index (Phi) is 8.16. The van der Waals surface area contributed by atoms with Crippen LogP contribution >= 0.6 is 0 Å². The van der Waals surface area contributed by atoms with Gasteiger partial charge in [-0.3, -0.25) is 9.69 Å². The number of rotatable bonds is 5. The van der Waals surface area contributed by atoms with Gasteiger partial charge in [-0.1, -0.05) is 18.2 Å². The molecule has 0 saturated carbocycles. The van der Waals surface area contributed by atoms with Crippen LogP contribution < -0.4 is 0 Å². The van der Waals surface area contributed by atoms with Crippen molar-refractivity contribution in [3.63, 3.8) is 0 Å². The van der Waals surface area contributed by atoms with E-state index in [0.717, 1.165) is 12.8 Å². The molecule has 172 valence electrons. The highest BCUT2D eigenvalue weighted by Crippen LogP contribution is 2.46. The third kappa shape index (κ3) is 5.41. The van der Waals surface area contributed by atoms with E-state index in [0.29, 0.717) is 18.0 Å². The van der Waals surface area contributed by atoms with E-state index in [2.05, 4.69) is 44.0 Å². The minimum atomic E-state index is -2.27. The molecule has 2 saturated heterocycles. The number of ether oxygens (including phenoxy) is 1. The molecule has 3 rings (SSSR count). The van der Waals surface area contributed by atoms with Gasteiger partial charge in [0.2, 0.25) is 0 Å². The molecular formula is C22H31NO8. The van der Waals surface area contributed by atoms with E-state index in [-0.39, 0.29) is 11.9 Å². The van der Waals surface area contributed by atoms with Crippen molar-refractivity contribution >= 4 is 17.9 Å². The number of nitrogens with zero attached hydrogens (tertiary/aromatic N) is 1. The number of aliphatic hydroxyl groups is 2. The summed E-state index contributed by atoms with van der Waals surface area (Å²) in [6, 6.07) is 7.60. The monoisotopic (exact) mass is 437 g/mol. The highest BCUT2D eigenvalue weighted by Gasteiger charge is 2.49. The summed E-state index contributed by atoms with van der Waals surface area (Å²) in [5, 5.41) is 32.5. The third-order valence-corrected chi connectivity index (χ3v) is 6.51. The molecule has 2 heterocycles. The Morgan fingerprint density at radius 3 is 2.10 bits per heavy atom. The topological polar surface area (TPSA) is 145 Å². The van der Waals surface area contributed by atoms with Gasteiger partial charge in [0.25, 0.3) is 0 Å². The summed E-state index contributed by atoms with van der Waals surface area (Å²) in [7, 11) is 3.68. The van der Waals surface area contributed by atoms with Crippen LogP contribution in [0.5, 0.6) is 0 Å².